The van der Waals surface area contributed by atoms with Gasteiger partial charge in [-0.25, -0.2) is 0 Å². The van der Waals surface area contributed by atoms with Crippen molar-refractivity contribution < 1.29 is 4.43 Å². The number of nitrogens with one attached hydrogen (secondary N) is 1. The Bertz CT molecular complexity index is 118. The van der Waals surface area contributed by atoms with Crippen LogP contribution in [-0.2, 0) is 4.43 Å². The summed E-state index contributed by atoms with van der Waals surface area (Å²) in [4.78, 5) is 0. The van der Waals surface area contributed by atoms with Crippen molar-refractivity contribution >= 4 is 9.04 Å². The van der Waals surface area contributed by atoms with E-state index in [-0.39, 0.29) is 0 Å². The van der Waals surface area contributed by atoms with E-state index in [9.17, 15) is 0 Å². The lowest BCUT2D eigenvalue weighted by Crippen LogP contribution is -2.27. The smallest absolute Gasteiger partial charge is 0.176 e. The SMILES string of the molecule is NCCNCCC[SiH]1CCCCO1. The molecule has 0 bridgehead atoms. The molecule has 0 aliphatic carbocycles. The van der Waals surface area contributed by atoms with E-state index in [1.165, 1.54) is 31.4 Å². The van der Waals surface area contributed by atoms with Gasteiger partial charge in [-0.15, -0.1) is 0 Å². The van der Waals surface area contributed by atoms with Crippen molar-refractivity contribution in [1.82, 2.24) is 5.32 Å². The van der Waals surface area contributed by atoms with Gasteiger partial charge < -0.3 is 15.5 Å². The molecule has 0 amide bonds. The second kappa shape index (κ2) is 7.50. The first-order valence-corrected chi connectivity index (χ1v) is 7.56. The topological polar surface area (TPSA) is 47.3 Å². The van der Waals surface area contributed by atoms with Gasteiger partial charge in [0.2, 0.25) is 0 Å². The summed E-state index contributed by atoms with van der Waals surface area (Å²) < 4.78 is 5.77. The Kier molecular flexibility index (Phi) is 6.44. The molecule has 4 heteroatoms. The third kappa shape index (κ3) is 5.41. The molecule has 3 N–H and O–H groups in total. The summed E-state index contributed by atoms with van der Waals surface area (Å²) in [5, 5.41) is 3.32. The summed E-state index contributed by atoms with van der Waals surface area (Å²) in [6.07, 6.45) is 3.97. The molecule has 78 valence electrons. The molecule has 0 saturated carbocycles. The van der Waals surface area contributed by atoms with Gasteiger partial charge in [-0.05, 0) is 31.5 Å². The maximum absolute atomic E-state index is 5.77. The molecule has 1 atom stereocenters. The summed E-state index contributed by atoms with van der Waals surface area (Å²) in [5.74, 6) is 0. The lowest BCUT2D eigenvalue weighted by molar-refractivity contribution is 0.286. The maximum atomic E-state index is 5.77. The van der Waals surface area contributed by atoms with Crippen molar-refractivity contribution in [3.05, 3.63) is 0 Å². The van der Waals surface area contributed by atoms with Crippen molar-refractivity contribution in [1.29, 1.82) is 0 Å². The van der Waals surface area contributed by atoms with E-state index in [0.29, 0.717) is 0 Å². The molecule has 0 radical (unpaired) electrons. The first-order chi connectivity index (χ1) is 6.43. The van der Waals surface area contributed by atoms with Crippen molar-refractivity contribution in [2.45, 2.75) is 31.4 Å². The molecule has 1 heterocycles. The fourth-order valence-electron chi connectivity index (χ4n) is 1.72. The molecule has 0 aromatic heterocycles. The van der Waals surface area contributed by atoms with Crippen LogP contribution in [0.15, 0.2) is 0 Å². The third-order valence-corrected chi connectivity index (χ3v) is 5.29. The van der Waals surface area contributed by atoms with E-state index >= 15 is 0 Å². The molecule has 1 aliphatic heterocycles. The van der Waals surface area contributed by atoms with Crippen LogP contribution in [-0.4, -0.2) is 35.3 Å². The third-order valence-electron chi connectivity index (χ3n) is 2.47. The molecular formula is C9H22N2OSi. The molecule has 1 saturated heterocycles. The Hall–Kier alpha value is 0.0969. The second-order valence-corrected chi connectivity index (χ2v) is 6.40. The summed E-state index contributed by atoms with van der Waals surface area (Å²) in [5.41, 5.74) is 5.38. The molecule has 0 spiro atoms. The normalized spacial score (nSPS) is 23.3. The molecule has 1 fully saturated rings. The molecule has 3 nitrogen and oxygen atoms in total. The van der Waals surface area contributed by atoms with E-state index in [4.69, 9.17) is 10.2 Å². The molecule has 13 heavy (non-hydrogen) atoms. The Balaban J connectivity index is 1.86. The zero-order chi connectivity index (χ0) is 9.36. The van der Waals surface area contributed by atoms with E-state index in [1.54, 1.807) is 0 Å². The van der Waals surface area contributed by atoms with Crippen molar-refractivity contribution in [2.75, 3.05) is 26.2 Å². The lowest BCUT2D eigenvalue weighted by Gasteiger charge is -2.20. The van der Waals surface area contributed by atoms with Gasteiger partial charge in [-0.3, -0.25) is 0 Å². The average Bonchev–Trinajstić information content (AvgIpc) is 2.19. The van der Waals surface area contributed by atoms with Crippen LogP contribution in [0.2, 0.25) is 12.1 Å². The predicted octanol–water partition coefficient (Wildman–Crippen LogP) is 0.459. The van der Waals surface area contributed by atoms with Gasteiger partial charge in [0, 0.05) is 19.7 Å². The molecule has 0 aromatic carbocycles. The van der Waals surface area contributed by atoms with E-state index in [0.717, 1.165) is 26.2 Å². The minimum Gasteiger partial charge on any atom is -0.420 e. The van der Waals surface area contributed by atoms with Crippen LogP contribution in [0.25, 0.3) is 0 Å². The molecular weight excluding hydrogens is 180 g/mol. The molecule has 1 rings (SSSR count). The Morgan fingerprint density at radius 2 is 2.23 bits per heavy atom. The molecule has 1 aliphatic rings. The van der Waals surface area contributed by atoms with Crippen LogP contribution in [0, 0.1) is 0 Å². The highest BCUT2D eigenvalue weighted by Crippen LogP contribution is 2.14. The van der Waals surface area contributed by atoms with Crippen molar-refractivity contribution in [3.63, 3.8) is 0 Å². The van der Waals surface area contributed by atoms with E-state index in [2.05, 4.69) is 5.32 Å². The van der Waals surface area contributed by atoms with Gasteiger partial charge in [-0.2, -0.15) is 0 Å². The van der Waals surface area contributed by atoms with E-state index < -0.39 is 9.04 Å². The number of rotatable bonds is 6. The first-order valence-electron chi connectivity index (χ1n) is 5.46. The zero-order valence-electron chi connectivity index (χ0n) is 8.43. The standard InChI is InChI=1S/C9H22N2OSi/c10-4-6-11-5-3-9-13-8-2-1-7-12-13/h11,13H,1-10H2. The highest BCUT2D eigenvalue weighted by Gasteiger charge is 2.14. The number of nitrogens with two attached hydrogens (primary N) is 1. The Labute approximate surface area is 82.8 Å². The molecule has 1 unspecified atom stereocenters. The van der Waals surface area contributed by atoms with Crippen molar-refractivity contribution in [2.24, 2.45) is 5.73 Å². The first kappa shape index (κ1) is 11.2. The number of hydrogen-bond donors (Lipinski definition) is 2. The second-order valence-electron chi connectivity index (χ2n) is 3.67. The van der Waals surface area contributed by atoms with Gasteiger partial charge in [0.25, 0.3) is 0 Å². The minimum absolute atomic E-state index is 0.747. The van der Waals surface area contributed by atoms with Crippen LogP contribution < -0.4 is 11.1 Å². The fraction of sp³-hybridized carbons (Fsp3) is 1.00. The fourth-order valence-corrected chi connectivity index (χ4v) is 4.24. The van der Waals surface area contributed by atoms with Crippen LogP contribution >= 0.6 is 0 Å². The quantitative estimate of drug-likeness (QED) is 0.486. The van der Waals surface area contributed by atoms with Gasteiger partial charge in [0.1, 0.15) is 0 Å². The van der Waals surface area contributed by atoms with Gasteiger partial charge in [0.15, 0.2) is 9.04 Å². The Morgan fingerprint density at radius 1 is 1.31 bits per heavy atom. The largest absolute Gasteiger partial charge is 0.420 e. The Morgan fingerprint density at radius 3 is 2.92 bits per heavy atom. The zero-order valence-corrected chi connectivity index (χ0v) is 9.58. The van der Waals surface area contributed by atoms with Crippen LogP contribution in [0.5, 0.6) is 0 Å². The minimum atomic E-state index is -0.749. The monoisotopic (exact) mass is 202 g/mol. The highest BCUT2D eigenvalue weighted by atomic mass is 28.3. The van der Waals surface area contributed by atoms with Crippen molar-refractivity contribution in [3.8, 4) is 0 Å². The van der Waals surface area contributed by atoms with Crippen LogP contribution in [0.3, 0.4) is 0 Å². The predicted molar refractivity (Wildman–Crippen MR) is 58.5 cm³/mol. The van der Waals surface area contributed by atoms with Crippen LogP contribution in [0.1, 0.15) is 19.3 Å². The summed E-state index contributed by atoms with van der Waals surface area (Å²) >= 11 is 0. The van der Waals surface area contributed by atoms with Crippen LogP contribution in [0.4, 0.5) is 0 Å². The van der Waals surface area contributed by atoms with Gasteiger partial charge in [-0.1, -0.05) is 6.42 Å². The highest BCUT2D eigenvalue weighted by molar-refractivity contribution is 6.51. The van der Waals surface area contributed by atoms with Gasteiger partial charge >= 0.3 is 0 Å². The van der Waals surface area contributed by atoms with E-state index in [1.807, 2.05) is 0 Å². The summed E-state index contributed by atoms with van der Waals surface area (Å²) in [6.45, 7) is 3.85. The van der Waals surface area contributed by atoms with Gasteiger partial charge in [0.05, 0.1) is 0 Å². The average molecular weight is 202 g/mol. The summed E-state index contributed by atoms with van der Waals surface area (Å²) in [7, 11) is -0.749. The summed E-state index contributed by atoms with van der Waals surface area (Å²) in [6, 6.07) is 2.74. The number of hydrogen-bond acceptors (Lipinski definition) is 3. The maximum Gasteiger partial charge on any atom is 0.176 e. The lowest BCUT2D eigenvalue weighted by atomic mass is 10.4. The molecule has 0 aromatic rings.